The SMILES string of the molecule is CC(C)(C)OC(=O)N1C=C(c2ccncc2)C2(CC1)CC2. The van der Waals surface area contributed by atoms with Crippen molar-refractivity contribution >= 4 is 11.7 Å². The fourth-order valence-electron chi connectivity index (χ4n) is 2.87. The summed E-state index contributed by atoms with van der Waals surface area (Å²) in [4.78, 5) is 18.1. The number of hydrogen-bond donors (Lipinski definition) is 0. The minimum absolute atomic E-state index is 0.260. The van der Waals surface area contributed by atoms with Crippen molar-refractivity contribution in [2.75, 3.05) is 6.54 Å². The summed E-state index contributed by atoms with van der Waals surface area (Å²) in [6, 6.07) is 4.04. The monoisotopic (exact) mass is 286 g/mol. The van der Waals surface area contributed by atoms with Gasteiger partial charge in [-0.3, -0.25) is 9.88 Å². The Morgan fingerprint density at radius 2 is 1.90 bits per heavy atom. The molecule has 1 aliphatic heterocycles. The van der Waals surface area contributed by atoms with Crippen LogP contribution >= 0.6 is 0 Å². The molecule has 0 bridgehead atoms. The molecule has 2 aliphatic rings. The standard InChI is InChI=1S/C17H22N2O2/c1-16(2,3)21-15(20)19-11-8-17(6-7-17)14(12-19)13-4-9-18-10-5-13/h4-5,9-10,12H,6-8,11H2,1-3H3. The van der Waals surface area contributed by atoms with Crippen molar-refractivity contribution in [1.29, 1.82) is 0 Å². The number of amides is 1. The Bertz CT molecular complexity index is 568. The lowest BCUT2D eigenvalue weighted by molar-refractivity contribution is 0.0320. The minimum Gasteiger partial charge on any atom is -0.443 e. The van der Waals surface area contributed by atoms with Gasteiger partial charge in [-0.05, 0) is 68.7 Å². The third-order valence-electron chi connectivity index (χ3n) is 4.16. The molecule has 112 valence electrons. The Morgan fingerprint density at radius 3 is 2.48 bits per heavy atom. The van der Waals surface area contributed by atoms with Gasteiger partial charge in [0.1, 0.15) is 5.60 Å². The van der Waals surface area contributed by atoms with Crippen molar-refractivity contribution in [3.05, 3.63) is 36.3 Å². The number of hydrogen-bond acceptors (Lipinski definition) is 3. The van der Waals surface area contributed by atoms with Crippen LogP contribution in [0.1, 0.15) is 45.6 Å². The maximum atomic E-state index is 12.3. The molecule has 0 aromatic carbocycles. The van der Waals surface area contributed by atoms with Gasteiger partial charge >= 0.3 is 6.09 Å². The molecule has 1 fully saturated rings. The van der Waals surface area contributed by atoms with Crippen LogP contribution in [-0.2, 0) is 4.74 Å². The van der Waals surface area contributed by atoms with E-state index in [1.54, 1.807) is 17.3 Å². The average Bonchev–Trinajstić information content (AvgIpc) is 3.18. The number of nitrogens with zero attached hydrogens (tertiary/aromatic N) is 2. The van der Waals surface area contributed by atoms with Crippen LogP contribution in [-0.4, -0.2) is 28.1 Å². The van der Waals surface area contributed by atoms with E-state index in [1.807, 2.05) is 39.1 Å². The predicted molar refractivity (Wildman–Crippen MR) is 81.4 cm³/mol. The van der Waals surface area contributed by atoms with Crippen LogP contribution in [0.15, 0.2) is 30.7 Å². The number of carbonyl (C=O) groups is 1. The van der Waals surface area contributed by atoms with E-state index >= 15 is 0 Å². The van der Waals surface area contributed by atoms with E-state index in [1.165, 1.54) is 18.4 Å². The van der Waals surface area contributed by atoms with E-state index in [-0.39, 0.29) is 11.5 Å². The van der Waals surface area contributed by atoms with Crippen molar-refractivity contribution in [3.8, 4) is 0 Å². The molecule has 0 N–H and O–H groups in total. The van der Waals surface area contributed by atoms with Crippen molar-refractivity contribution in [1.82, 2.24) is 9.88 Å². The molecular formula is C17H22N2O2. The van der Waals surface area contributed by atoms with Crippen LogP contribution in [0.3, 0.4) is 0 Å². The van der Waals surface area contributed by atoms with Gasteiger partial charge in [-0.15, -0.1) is 0 Å². The van der Waals surface area contributed by atoms with E-state index in [0.717, 1.165) is 18.5 Å². The molecule has 0 radical (unpaired) electrons. The molecular weight excluding hydrogens is 264 g/mol. The Labute approximate surface area is 125 Å². The lowest BCUT2D eigenvalue weighted by Crippen LogP contribution is -2.37. The highest BCUT2D eigenvalue weighted by Gasteiger charge is 2.48. The van der Waals surface area contributed by atoms with Crippen LogP contribution in [0.4, 0.5) is 4.79 Å². The summed E-state index contributed by atoms with van der Waals surface area (Å²) in [5.41, 5.74) is 2.23. The van der Waals surface area contributed by atoms with Crippen LogP contribution in [0, 0.1) is 5.41 Å². The molecule has 0 atom stereocenters. The zero-order valence-electron chi connectivity index (χ0n) is 12.9. The molecule has 1 saturated carbocycles. The molecule has 1 aromatic rings. The molecule has 1 aromatic heterocycles. The van der Waals surface area contributed by atoms with Crippen LogP contribution < -0.4 is 0 Å². The summed E-state index contributed by atoms with van der Waals surface area (Å²) in [5.74, 6) is 0. The molecule has 4 heteroatoms. The van der Waals surface area contributed by atoms with Crippen LogP contribution in [0.5, 0.6) is 0 Å². The minimum atomic E-state index is -0.462. The van der Waals surface area contributed by atoms with Gasteiger partial charge in [-0.25, -0.2) is 4.79 Å². The quantitative estimate of drug-likeness (QED) is 0.787. The average molecular weight is 286 g/mol. The van der Waals surface area contributed by atoms with Gasteiger partial charge in [0.15, 0.2) is 0 Å². The molecule has 4 nitrogen and oxygen atoms in total. The number of carbonyl (C=O) groups excluding carboxylic acids is 1. The first-order valence-electron chi connectivity index (χ1n) is 7.52. The number of pyridine rings is 1. The highest BCUT2D eigenvalue weighted by atomic mass is 16.6. The molecule has 21 heavy (non-hydrogen) atoms. The first-order chi connectivity index (χ1) is 9.90. The van der Waals surface area contributed by atoms with Gasteiger partial charge < -0.3 is 4.74 Å². The normalized spacial score (nSPS) is 20.1. The molecule has 1 aliphatic carbocycles. The maximum Gasteiger partial charge on any atom is 0.414 e. The van der Waals surface area contributed by atoms with Crippen molar-refractivity contribution in [2.45, 2.75) is 45.6 Å². The summed E-state index contributed by atoms with van der Waals surface area (Å²) in [6.45, 7) is 6.42. The summed E-state index contributed by atoms with van der Waals surface area (Å²) in [7, 11) is 0. The maximum absolute atomic E-state index is 12.3. The van der Waals surface area contributed by atoms with Gasteiger partial charge in [0.05, 0.1) is 0 Å². The zero-order valence-corrected chi connectivity index (χ0v) is 12.9. The number of rotatable bonds is 1. The highest BCUT2D eigenvalue weighted by molar-refractivity contribution is 5.78. The van der Waals surface area contributed by atoms with E-state index < -0.39 is 5.60 Å². The van der Waals surface area contributed by atoms with Gasteiger partial charge in [-0.1, -0.05) is 0 Å². The Balaban J connectivity index is 1.87. The first kappa shape index (κ1) is 14.1. The third-order valence-corrected chi connectivity index (χ3v) is 4.16. The smallest absolute Gasteiger partial charge is 0.414 e. The third kappa shape index (κ3) is 2.94. The Hall–Kier alpha value is -1.84. The van der Waals surface area contributed by atoms with Crippen molar-refractivity contribution in [3.63, 3.8) is 0 Å². The van der Waals surface area contributed by atoms with Gasteiger partial charge in [0.25, 0.3) is 0 Å². The van der Waals surface area contributed by atoms with Crippen LogP contribution in [0.25, 0.3) is 5.57 Å². The molecule has 2 heterocycles. The Morgan fingerprint density at radius 1 is 1.24 bits per heavy atom. The number of ether oxygens (including phenoxy) is 1. The van der Waals surface area contributed by atoms with E-state index in [4.69, 9.17) is 4.74 Å². The topological polar surface area (TPSA) is 42.4 Å². The molecule has 0 unspecified atom stereocenters. The summed E-state index contributed by atoms with van der Waals surface area (Å²) in [5, 5.41) is 0. The van der Waals surface area contributed by atoms with Crippen molar-refractivity contribution in [2.24, 2.45) is 5.41 Å². The lowest BCUT2D eigenvalue weighted by Gasteiger charge is -2.33. The fourth-order valence-corrected chi connectivity index (χ4v) is 2.87. The van der Waals surface area contributed by atoms with Crippen LogP contribution in [0.2, 0.25) is 0 Å². The predicted octanol–water partition coefficient (Wildman–Crippen LogP) is 3.84. The van der Waals surface area contributed by atoms with Gasteiger partial charge in [0, 0.05) is 25.1 Å². The molecule has 1 spiro atoms. The molecule has 3 rings (SSSR count). The van der Waals surface area contributed by atoms with Gasteiger partial charge in [-0.2, -0.15) is 0 Å². The Kier molecular flexibility index (Phi) is 3.27. The molecule has 1 amide bonds. The largest absolute Gasteiger partial charge is 0.443 e. The van der Waals surface area contributed by atoms with E-state index in [0.29, 0.717) is 0 Å². The first-order valence-corrected chi connectivity index (χ1v) is 7.52. The molecule has 0 saturated heterocycles. The van der Waals surface area contributed by atoms with Crippen molar-refractivity contribution < 1.29 is 9.53 Å². The van der Waals surface area contributed by atoms with E-state index in [2.05, 4.69) is 4.98 Å². The highest BCUT2D eigenvalue weighted by Crippen LogP contribution is 2.59. The summed E-state index contributed by atoms with van der Waals surface area (Å²) in [6.07, 6.45) is 8.77. The summed E-state index contributed by atoms with van der Waals surface area (Å²) < 4.78 is 5.48. The second-order valence-corrected chi connectivity index (χ2v) is 6.98. The second kappa shape index (κ2) is 4.86. The second-order valence-electron chi connectivity index (χ2n) is 6.98. The lowest BCUT2D eigenvalue weighted by atomic mass is 9.85. The van der Waals surface area contributed by atoms with E-state index in [9.17, 15) is 4.79 Å². The zero-order chi connectivity index (χ0) is 15.1. The van der Waals surface area contributed by atoms with Gasteiger partial charge in [0.2, 0.25) is 0 Å². The fraction of sp³-hybridized carbons (Fsp3) is 0.529. The number of aromatic nitrogens is 1. The number of allylic oxidation sites excluding steroid dienone is 1. The summed E-state index contributed by atoms with van der Waals surface area (Å²) >= 11 is 0.